The van der Waals surface area contributed by atoms with Crippen LogP contribution in [0.25, 0.3) is 0 Å². The van der Waals surface area contributed by atoms with Crippen molar-refractivity contribution in [3.05, 3.63) is 88.9 Å². The topological polar surface area (TPSA) is 96.0 Å². The van der Waals surface area contributed by atoms with E-state index in [4.69, 9.17) is 4.74 Å². The van der Waals surface area contributed by atoms with Crippen LogP contribution in [0.4, 0.5) is 5.69 Å². The first-order valence-electron chi connectivity index (χ1n) is 13.0. The summed E-state index contributed by atoms with van der Waals surface area (Å²) in [6.07, 6.45) is 0.953. The summed E-state index contributed by atoms with van der Waals surface area (Å²) in [7, 11) is -3.74. The van der Waals surface area contributed by atoms with Gasteiger partial charge in [0.15, 0.2) is 6.10 Å². The lowest BCUT2D eigenvalue weighted by Crippen LogP contribution is -2.54. The minimum Gasteiger partial charge on any atom is -0.477 e. The molecule has 2 heterocycles. The first-order chi connectivity index (χ1) is 18.8. The monoisotopic (exact) mass is 611 g/mol. The number of halogens is 1. The molecule has 0 spiro atoms. The van der Waals surface area contributed by atoms with Gasteiger partial charge in [0, 0.05) is 24.1 Å². The zero-order valence-corrected chi connectivity index (χ0v) is 23.7. The molecule has 39 heavy (non-hydrogen) atoms. The maximum atomic E-state index is 13.8. The third-order valence-electron chi connectivity index (χ3n) is 7.07. The fourth-order valence-corrected chi connectivity index (χ4v) is 6.79. The lowest BCUT2D eigenvalue weighted by Gasteiger charge is -2.38. The van der Waals surface area contributed by atoms with Gasteiger partial charge < -0.3 is 15.0 Å². The quantitative estimate of drug-likeness (QED) is 0.436. The number of benzene rings is 3. The van der Waals surface area contributed by atoms with Crippen LogP contribution in [0.2, 0.25) is 0 Å². The Hall–Kier alpha value is -3.21. The predicted molar refractivity (Wildman–Crippen MR) is 152 cm³/mol. The normalized spacial score (nSPS) is 19.6. The number of sulfonamides is 1. The van der Waals surface area contributed by atoms with Crippen molar-refractivity contribution in [2.75, 3.05) is 31.1 Å². The highest BCUT2D eigenvalue weighted by molar-refractivity contribution is 9.10. The fourth-order valence-electron chi connectivity index (χ4n) is 5.01. The molecule has 3 aromatic rings. The molecule has 0 aliphatic carbocycles. The summed E-state index contributed by atoms with van der Waals surface area (Å²) in [4.78, 5) is 28.7. The van der Waals surface area contributed by atoms with Gasteiger partial charge in [0.2, 0.25) is 15.9 Å². The number of nitrogens with one attached hydrogen (secondary N) is 1. The Kier molecular flexibility index (Phi) is 8.34. The molecule has 0 aromatic heterocycles. The number of amides is 2. The fraction of sp³-hybridized carbons (Fsp3) is 0.310. The molecule has 3 aromatic carbocycles. The van der Waals surface area contributed by atoms with E-state index in [-0.39, 0.29) is 29.8 Å². The summed E-state index contributed by atoms with van der Waals surface area (Å²) in [5.41, 5.74) is 1.70. The van der Waals surface area contributed by atoms with Gasteiger partial charge in [-0.3, -0.25) is 9.59 Å². The Bertz CT molecular complexity index is 1430. The van der Waals surface area contributed by atoms with E-state index in [1.807, 2.05) is 36.4 Å². The van der Waals surface area contributed by atoms with Gasteiger partial charge in [-0.25, -0.2) is 8.42 Å². The van der Waals surface area contributed by atoms with E-state index in [0.717, 1.165) is 10.0 Å². The highest BCUT2D eigenvalue weighted by atomic mass is 79.9. The summed E-state index contributed by atoms with van der Waals surface area (Å²) in [6.45, 7) is 0.950. The molecule has 0 bridgehead atoms. The zero-order valence-electron chi connectivity index (χ0n) is 21.3. The number of piperidine rings is 1. The van der Waals surface area contributed by atoms with Crippen molar-refractivity contribution in [1.82, 2.24) is 9.62 Å². The number of rotatable bonds is 7. The minimum absolute atomic E-state index is 0.0585. The smallest absolute Gasteiger partial charge is 0.262 e. The third kappa shape index (κ3) is 6.18. The molecule has 204 valence electrons. The lowest BCUT2D eigenvalue weighted by molar-refractivity contribution is -0.129. The Morgan fingerprint density at radius 2 is 1.67 bits per heavy atom. The summed E-state index contributed by atoms with van der Waals surface area (Å²) in [6, 6.07) is 23.5. The summed E-state index contributed by atoms with van der Waals surface area (Å²) < 4.78 is 34.8. The number of fused-ring (bicyclic) bond motifs is 1. The van der Waals surface area contributed by atoms with Crippen molar-refractivity contribution < 1.29 is 22.7 Å². The van der Waals surface area contributed by atoms with Crippen LogP contribution in [0.15, 0.2) is 88.2 Å². The summed E-state index contributed by atoms with van der Waals surface area (Å²) in [5.74, 6) is -0.572. The molecule has 0 radical (unpaired) electrons. The van der Waals surface area contributed by atoms with Crippen molar-refractivity contribution in [1.29, 1.82) is 0 Å². The van der Waals surface area contributed by atoms with Gasteiger partial charge in [0.25, 0.3) is 5.91 Å². The maximum absolute atomic E-state index is 13.8. The molecule has 2 aliphatic heterocycles. The number of anilines is 1. The number of ether oxygens (including phenoxy) is 1. The van der Waals surface area contributed by atoms with E-state index < -0.39 is 22.0 Å². The molecule has 2 aliphatic rings. The molecule has 1 saturated heterocycles. The third-order valence-corrected chi connectivity index (χ3v) is 9.48. The number of carbonyl (C=O) groups excluding carboxylic acids is 2. The van der Waals surface area contributed by atoms with Gasteiger partial charge in [0.05, 0.1) is 23.0 Å². The van der Waals surface area contributed by atoms with Crippen LogP contribution in [-0.2, 0) is 26.0 Å². The molecule has 1 N–H and O–H groups in total. The van der Waals surface area contributed by atoms with E-state index in [1.54, 1.807) is 47.4 Å². The van der Waals surface area contributed by atoms with Crippen LogP contribution in [0, 0.1) is 5.92 Å². The van der Waals surface area contributed by atoms with E-state index in [9.17, 15) is 18.0 Å². The summed E-state index contributed by atoms with van der Waals surface area (Å²) in [5, 5.41) is 2.93. The lowest BCUT2D eigenvalue weighted by atomic mass is 9.97. The van der Waals surface area contributed by atoms with Crippen LogP contribution in [0.1, 0.15) is 18.4 Å². The minimum atomic E-state index is -3.74. The second-order valence-electron chi connectivity index (χ2n) is 9.71. The number of para-hydroxylation sites is 2. The van der Waals surface area contributed by atoms with Crippen LogP contribution in [0.5, 0.6) is 5.75 Å². The van der Waals surface area contributed by atoms with Gasteiger partial charge in [-0.05, 0) is 61.2 Å². The molecule has 2 atom stereocenters. The second-order valence-corrected chi connectivity index (χ2v) is 12.6. The molecule has 1 fully saturated rings. The number of hydrogen-bond donors (Lipinski definition) is 1. The Balaban J connectivity index is 1.29. The van der Waals surface area contributed by atoms with Crippen molar-refractivity contribution in [2.24, 2.45) is 5.92 Å². The van der Waals surface area contributed by atoms with Crippen LogP contribution in [0.3, 0.4) is 0 Å². The molecule has 0 saturated carbocycles. The van der Waals surface area contributed by atoms with Gasteiger partial charge >= 0.3 is 0 Å². The molecule has 0 unspecified atom stereocenters. The van der Waals surface area contributed by atoms with E-state index in [1.165, 1.54) is 4.31 Å². The average molecular weight is 613 g/mol. The van der Waals surface area contributed by atoms with Crippen molar-refractivity contribution in [3.63, 3.8) is 0 Å². The average Bonchev–Trinajstić information content (AvgIpc) is 2.97. The Labute approximate surface area is 237 Å². The predicted octanol–water partition coefficient (Wildman–Crippen LogP) is 4.00. The Morgan fingerprint density at radius 1 is 0.949 bits per heavy atom. The van der Waals surface area contributed by atoms with E-state index in [2.05, 4.69) is 21.2 Å². The highest BCUT2D eigenvalue weighted by Gasteiger charge is 2.39. The van der Waals surface area contributed by atoms with Gasteiger partial charge in [-0.1, -0.05) is 58.4 Å². The SMILES string of the molecule is O=C(NCCc1ccccc1)[C@H]1CN(C(=O)[C@@H]2CCCN(S(=O)(=O)c3ccc(Br)cc3)C2)c2ccccc2O1. The van der Waals surface area contributed by atoms with Gasteiger partial charge in [-0.2, -0.15) is 4.31 Å². The molecule has 8 nitrogen and oxygen atoms in total. The van der Waals surface area contributed by atoms with E-state index in [0.29, 0.717) is 43.8 Å². The van der Waals surface area contributed by atoms with Crippen molar-refractivity contribution in [3.8, 4) is 5.75 Å². The number of carbonyl (C=O) groups is 2. The van der Waals surface area contributed by atoms with Crippen LogP contribution < -0.4 is 15.0 Å². The van der Waals surface area contributed by atoms with E-state index >= 15 is 0 Å². The molecule has 5 rings (SSSR count). The van der Waals surface area contributed by atoms with Gasteiger partial charge in [0.1, 0.15) is 5.75 Å². The number of hydrogen-bond acceptors (Lipinski definition) is 5. The van der Waals surface area contributed by atoms with Crippen molar-refractivity contribution >= 4 is 43.5 Å². The molecular formula is C29H30BrN3O5S. The number of nitrogens with zero attached hydrogens (tertiary/aromatic N) is 2. The van der Waals surface area contributed by atoms with Crippen LogP contribution in [-0.4, -0.2) is 56.8 Å². The van der Waals surface area contributed by atoms with Crippen molar-refractivity contribution in [2.45, 2.75) is 30.3 Å². The highest BCUT2D eigenvalue weighted by Crippen LogP contribution is 2.35. The largest absolute Gasteiger partial charge is 0.477 e. The zero-order chi connectivity index (χ0) is 27.4. The van der Waals surface area contributed by atoms with Gasteiger partial charge in [-0.15, -0.1) is 0 Å². The summed E-state index contributed by atoms with van der Waals surface area (Å²) >= 11 is 3.34. The molecule has 2 amide bonds. The molecule has 10 heteroatoms. The van der Waals surface area contributed by atoms with Crippen LogP contribution >= 0.6 is 15.9 Å². The molecular weight excluding hydrogens is 582 g/mol. The first kappa shape index (κ1) is 27.4. The first-order valence-corrected chi connectivity index (χ1v) is 15.2. The Morgan fingerprint density at radius 3 is 2.44 bits per heavy atom. The second kappa shape index (κ2) is 11.9. The standard InChI is InChI=1S/C29H30BrN3O5S/c30-23-12-14-24(15-13-23)39(36,37)32-18-6-9-22(19-32)29(35)33-20-27(38-26-11-5-4-10-25(26)33)28(34)31-17-16-21-7-2-1-3-8-21/h1-5,7-8,10-15,22,27H,6,9,16-20H2,(H,31,34)/t22-,27-/m1/s1. The maximum Gasteiger partial charge on any atom is 0.262 e.